The monoisotopic (exact) mass is 267 g/mol. The molecule has 0 N–H and O–H groups in total. The number of rotatable bonds is 5. The van der Waals surface area contributed by atoms with Gasteiger partial charge in [0.25, 0.3) is 0 Å². The van der Waals surface area contributed by atoms with Crippen LogP contribution < -0.4 is 0 Å². The van der Waals surface area contributed by atoms with Crippen LogP contribution in [-0.4, -0.2) is 37.4 Å². The standard InChI is InChI=1S/C11H22ClNO2S/c1-9(2)11-4-5-13(7-11)16(14,15)8-10(3)6-12/h9-11H,4-8H2,1-3H3. The fraction of sp³-hybridized carbons (Fsp3) is 1.00. The van der Waals surface area contributed by atoms with Crippen molar-refractivity contribution in [1.29, 1.82) is 0 Å². The van der Waals surface area contributed by atoms with Crippen LogP contribution in [-0.2, 0) is 10.0 Å². The summed E-state index contributed by atoms with van der Waals surface area (Å²) in [5.74, 6) is 1.69. The zero-order chi connectivity index (χ0) is 12.3. The second-order valence-corrected chi connectivity index (χ2v) is 7.51. The summed E-state index contributed by atoms with van der Waals surface area (Å²) in [7, 11) is -3.09. The van der Waals surface area contributed by atoms with E-state index in [0.717, 1.165) is 6.42 Å². The van der Waals surface area contributed by atoms with Crippen molar-refractivity contribution in [3.05, 3.63) is 0 Å². The van der Waals surface area contributed by atoms with E-state index in [9.17, 15) is 8.42 Å². The van der Waals surface area contributed by atoms with Crippen LogP contribution in [0.3, 0.4) is 0 Å². The quantitative estimate of drug-likeness (QED) is 0.716. The van der Waals surface area contributed by atoms with E-state index in [1.807, 2.05) is 6.92 Å². The number of halogens is 1. The van der Waals surface area contributed by atoms with Crippen molar-refractivity contribution in [2.75, 3.05) is 24.7 Å². The number of sulfonamides is 1. The third-order valence-corrected chi connectivity index (χ3v) is 5.92. The Balaban J connectivity index is 2.59. The van der Waals surface area contributed by atoms with Gasteiger partial charge < -0.3 is 0 Å². The summed E-state index contributed by atoms with van der Waals surface area (Å²) in [6.07, 6.45) is 0.992. The molecule has 16 heavy (non-hydrogen) atoms. The van der Waals surface area contributed by atoms with Gasteiger partial charge in [-0.05, 0) is 24.2 Å². The largest absolute Gasteiger partial charge is 0.214 e. The van der Waals surface area contributed by atoms with Gasteiger partial charge in [0, 0.05) is 19.0 Å². The van der Waals surface area contributed by atoms with Gasteiger partial charge in [-0.1, -0.05) is 20.8 Å². The minimum absolute atomic E-state index is 0.0322. The summed E-state index contributed by atoms with van der Waals surface area (Å²) >= 11 is 5.66. The highest BCUT2D eigenvalue weighted by Crippen LogP contribution is 2.26. The summed E-state index contributed by atoms with van der Waals surface area (Å²) in [6.45, 7) is 7.56. The lowest BCUT2D eigenvalue weighted by Gasteiger charge is -2.19. The minimum Gasteiger partial charge on any atom is -0.212 e. The summed E-state index contributed by atoms with van der Waals surface area (Å²) in [5.41, 5.74) is 0. The summed E-state index contributed by atoms with van der Waals surface area (Å²) < 4.78 is 25.7. The molecule has 0 aromatic rings. The Labute approximate surface area is 104 Å². The molecule has 1 fully saturated rings. The maximum absolute atomic E-state index is 12.0. The Kier molecular flexibility index (Phi) is 5.08. The molecule has 1 heterocycles. The Bertz CT molecular complexity index is 316. The van der Waals surface area contributed by atoms with E-state index in [-0.39, 0.29) is 11.7 Å². The highest BCUT2D eigenvalue weighted by molar-refractivity contribution is 7.89. The molecule has 0 aromatic carbocycles. The summed E-state index contributed by atoms with van der Waals surface area (Å²) in [5, 5.41) is 0. The van der Waals surface area contributed by atoms with Crippen molar-refractivity contribution in [1.82, 2.24) is 4.31 Å². The van der Waals surface area contributed by atoms with Gasteiger partial charge >= 0.3 is 0 Å². The number of alkyl halides is 1. The first-order chi connectivity index (χ1) is 7.36. The number of nitrogens with zero attached hydrogens (tertiary/aromatic N) is 1. The van der Waals surface area contributed by atoms with Gasteiger partial charge in [0.15, 0.2) is 0 Å². The maximum Gasteiger partial charge on any atom is 0.214 e. The minimum atomic E-state index is -3.09. The van der Waals surface area contributed by atoms with Crippen molar-refractivity contribution < 1.29 is 8.42 Å². The Morgan fingerprint density at radius 3 is 2.44 bits per heavy atom. The molecule has 0 saturated carbocycles. The Hall–Kier alpha value is 0.200. The van der Waals surface area contributed by atoms with Crippen LogP contribution in [0, 0.1) is 17.8 Å². The number of hydrogen-bond acceptors (Lipinski definition) is 2. The SMILES string of the molecule is CC(CCl)CS(=O)(=O)N1CCC(C(C)C)C1. The van der Waals surface area contributed by atoms with Crippen LogP contribution in [0.4, 0.5) is 0 Å². The topological polar surface area (TPSA) is 37.4 Å². The van der Waals surface area contributed by atoms with E-state index in [2.05, 4.69) is 13.8 Å². The predicted molar refractivity (Wildman–Crippen MR) is 68.2 cm³/mol. The lowest BCUT2D eigenvalue weighted by atomic mass is 9.96. The molecule has 0 bridgehead atoms. The second-order valence-electron chi connectivity index (χ2n) is 5.19. The fourth-order valence-corrected chi connectivity index (χ4v) is 4.15. The Morgan fingerprint density at radius 1 is 1.38 bits per heavy atom. The van der Waals surface area contributed by atoms with Crippen LogP contribution >= 0.6 is 11.6 Å². The average Bonchev–Trinajstić information content (AvgIpc) is 2.66. The first-order valence-electron chi connectivity index (χ1n) is 5.90. The van der Waals surface area contributed by atoms with Crippen LogP contribution in [0.2, 0.25) is 0 Å². The Morgan fingerprint density at radius 2 is 2.00 bits per heavy atom. The molecular formula is C11H22ClNO2S. The van der Waals surface area contributed by atoms with Crippen molar-refractivity contribution in [3.63, 3.8) is 0 Å². The van der Waals surface area contributed by atoms with Crippen molar-refractivity contribution in [2.24, 2.45) is 17.8 Å². The second kappa shape index (κ2) is 5.69. The molecule has 0 spiro atoms. The molecule has 1 rings (SSSR count). The van der Waals surface area contributed by atoms with Gasteiger partial charge in [0.1, 0.15) is 0 Å². The van der Waals surface area contributed by atoms with Gasteiger partial charge in [-0.2, -0.15) is 0 Å². The smallest absolute Gasteiger partial charge is 0.212 e. The van der Waals surface area contributed by atoms with Gasteiger partial charge in [-0.3, -0.25) is 0 Å². The lowest BCUT2D eigenvalue weighted by Crippen LogP contribution is -2.33. The van der Waals surface area contributed by atoms with E-state index in [4.69, 9.17) is 11.6 Å². The summed E-state index contributed by atoms with van der Waals surface area (Å²) in [4.78, 5) is 0. The zero-order valence-electron chi connectivity index (χ0n) is 10.3. The third kappa shape index (κ3) is 3.60. The normalized spacial score (nSPS) is 25.2. The summed E-state index contributed by atoms with van der Waals surface area (Å²) in [6, 6.07) is 0. The molecule has 3 nitrogen and oxygen atoms in total. The van der Waals surface area contributed by atoms with Crippen LogP contribution in [0.1, 0.15) is 27.2 Å². The van der Waals surface area contributed by atoms with Gasteiger partial charge in [0.2, 0.25) is 10.0 Å². The molecule has 96 valence electrons. The molecule has 2 atom stereocenters. The van der Waals surface area contributed by atoms with Crippen LogP contribution in [0.15, 0.2) is 0 Å². The molecule has 0 amide bonds. The van der Waals surface area contributed by atoms with Crippen molar-refractivity contribution in [2.45, 2.75) is 27.2 Å². The average molecular weight is 268 g/mol. The van der Waals surface area contributed by atoms with Crippen LogP contribution in [0.25, 0.3) is 0 Å². The molecule has 2 unspecified atom stereocenters. The highest BCUT2D eigenvalue weighted by Gasteiger charge is 2.33. The molecule has 1 aliphatic rings. The third-order valence-electron chi connectivity index (χ3n) is 3.28. The highest BCUT2D eigenvalue weighted by atomic mass is 35.5. The number of hydrogen-bond donors (Lipinski definition) is 0. The van der Waals surface area contributed by atoms with E-state index < -0.39 is 10.0 Å². The van der Waals surface area contributed by atoms with Gasteiger partial charge in [0.05, 0.1) is 5.75 Å². The van der Waals surface area contributed by atoms with Crippen LogP contribution in [0.5, 0.6) is 0 Å². The zero-order valence-corrected chi connectivity index (χ0v) is 11.9. The molecule has 5 heteroatoms. The van der Waals surface area contributed by atoms with Gasteiger partial charge in [-0.25, -0.2) is 12.7 Å². The van der Waals surface area contributed by atoms with Gasteiger partial charge in [-0.15, -0.1) is 11.6 Å². The maximum atomic E-state index is 12.0. The first-order valence-corrected chi connectivity index (χ1v) is 8.05. The lowest BCUT2D eigenvalue weighted by molar-refractivity contribution is 0.387. The van der Waals surface area contributed by atoms with E-state index in [1.165, 1.54) is 0 Å². The predicted octanol–water partition coefficient (Wildman–Crippen LogP) is 2.17. The molecule has 1 aliphatic heterocycles. The molecular weight excluding hydrogens is 246 g/mol. The molecule has 0 aromatic heterocycles. The van der Waals surface area contributed by atoms with Crippen molar-refractivity contribution in [3.8, 4) is 0 Å². The molecule has 1 saturated heterocycles. The van der Waals surface area contributed by atoms with E-state index in [0.29, 0.717) is 30.8 Å². The molecule has 0 radical (unpaired) electrons. The molecule has 0 aliphatic carbocycles. The van der Waals surface area contributed by atoms with E-state index >= 15 is 0 Å². The van der Waals surface area contributed by atoms with E-state index in [1.54, 1.807) is 4.31 Å². The first kappa shape index (κ1) is 14.3. The fourth-order valence-electron chi connectivity index (χ4n) is 2.06. The van der Waals surface area contributed by atoms with Crippen molar-refractivity contribution >= 4 is 21.6 Å².